The molecule has 0 aliphatic carbocycles. The summed E-state index contributed by atoms with van der Waals surface area (Å²) in [7, 11) is 0. The molecular formula is C19H24N6O3. The highest BCUT2D eigenvalue weighted by molar-refractivity contribution is 5.87. The van der Waals surface area contributed by atoms with Crippen molar-refractivity contribution >= 4 is 23.8 Å². The predicted octanol–water partition coefficient (Wildman–Crippen LogP) is 1.60. The molecule has 0 unspecified atom stereocenters. The van der Waals surface area contributed by atoms with E-state index in [9.17, 15) is 4.79 Å². The van der Waals surface area contributed by atoms with Gasteiger partial charge in [-0.05, 0) is 17.3 Å². The summed E-state index contributed by atoms with van der Waals surface area (Å²) in [4.78, 5) is 20.3. The standard InChI is InChI=1S/C19H24N6O3/c1-2-17(26)24-5-7-25(8-6-24)19-22-18(28-23-19)13-3-4-14(10-20)16(9-13)21-15-11-27-12-15/h3-4,9-10,15,20-21H,2,5-8,11-12H2,1H3. The van der Waals surface area contributed by atoms with E-state index in [1.54, 1.807) is 0 Å². The lowest BCUT2D eigenvalue weighted by atomic mass is 10.1. The van der Waals surface area contributed by atoms with Gasteiger partial charge in [-0.2, -0.15) is 4.98 Å². The summed E-state index contributed by atoms with van der Waals surface area (Å²) >= 11 is 0. The Labute approximate surface area is 163 Å². The van der Waals surface area contributed by atoms with Crippen LogP contribution in [0.3, 0.4) is 0 Å². The molecule has 2 aliphatic rings. The van der Waals surface area contributed by atoms with Crippen molar-refractivity contribution < 1.29 is 14.1 Å². The van der Waals surface area contributed by atoms with Crippen molar-refractivity contribution in [2.45, 2.75) is 19.4 Å². The fraction of sp³-hybridized carbons (Fsp3) is 0.474. The lowest BCUT2D eigenvalue weighted by molar-refractivity contribution is -0.131. The van der Waals surface area contributed by atoms with E-state index in [1.165, 1.54) is 6.21 Å². The van der Waals surface area contributed by atoms with Gasteiger partial charge >= 0.3 is 0 Å². The molecule has 1 amide bonds. The Morgan fingerprint density at radius 2 is 2.11 bits per heavy atom. The maximum atomic E-state index is 11.8. The van der Waals surface area contributed by atoms with E-state index in [0.717, 1.165) is 16.8 Å². The normalized spacial score (nSPS) is 17.3. The average Bonchev–Trinajstić information content (AvgIpc) is 3.20. The Hall–Kier alpha value is -2.94. The van der Waals surface area contributed by atoms with Crippen LogP contribution in [0.4, 0.5) is 11.6 Å². The van der Waals surface area contributed by atoms with Crippen molar-refractivity contribution in [2.75, 3.05) is 49.6 Å². The number of anilines is 2. The Balaban J connectivity index is 1.47. The summed E-state index contributed by atoms with van der Waals surface area (Å²) in [6.07, 6.45) is 1.85. The number of ether oxygens (including phenoxy) is 1. The maximum Gasteiger partial charge on any atom is 0.266 e. The van der Waals surface area contributed by atoms with E-state index in [1.807, 2.05) is 34.9 Å². The molecule has 2 saturated heterocycles. The molecule has 1 aromatic heterocycles. The van der Waals surface area contributed by atoms with E-state index < -0.39 is 0 Å². The third-order valence-corrected chi connectivity index (χ3v) is 5.09. The van der Waals surface area contributed by atoms with Crippen LogP contribution in [0.15, 0.2) is 22.7 Å². The van der Waals surface area contributed by atoms with E-state index in [4.69, 9.17) is 14.7 Å². The molecule has 0 atom stereocenters. The maximum absolute atomic E-state index is 11.8. The molecule has 4 rings (SSSR count). The predicted molar refractivity (Wildman–Crippen MR) is 105 cm³/mol. The van der Waals surface area contributed by atoms with Gasteiger partial charge in [-0.3, -0.25) is 4.79 Å². The molecule has 3 heterocycles. The number of hydrogen-bond acceptors (Lipinski definition) is 8. The summed E-state index contributed by atoms with van der Waals surface area (Å²) in [6, 6.07) is 5.92. The number of benzene rings is 1. The first-order valence-electron chi connectivity index (χ1n) is 9.53. The zero-order chi connectivity index (χ0) is 19.5. The first-order chi connectivity index (χ1) is 13.7. The van der Waals surface area contributed by atoms with Gasteiger partial charge in [-0.1, -0.05) is 13.0 Å². The van der Waals surface area contributed by atoms with Gasteiger partial charge < -0.3 is 29.8 Å². The number of nitrogens with one attached hydrogen (secondary N) is 2. The van der Waals surface area contributed by atoms with Gasteiger partial charge in [0.25, 0.3) is 11.8 Å². The van der Waals surface area contributed by atoms with Crippen LogP contribution in [0, 0.1) is 5.41 Å². The highest BCUT2D eigenvalue weighted by Crippen LogP contribution is 2.27. The molecule has 1 aromatic carbocycles. The first-order valence-corrected chi connectivity index (χ1v) is 9.53. The van der Waals surface area contributed by atoms with Crippen LogP contribution >= 0.6 is 0 Å². The Kier molecular flexibility index (Phi) is 5.25. The molecule has 2 N–H and O–H groups in total. The highest BCUT2D eigenvalue weighted by atomic mass is 16.5. The molecule has 0 spiro atoms. The number of rotatable bonds is 6. The summed E-state index contributed by atoms with van der Waals surface area (Å²) in [5.41, 5.74) is 2.45. The molecule has 2 aromatic rings. The smallest absolute Gasteiger partial charge is 0.266 e. The number of piperazine rings is 1. The number of carbonyl (C=O) groups is 1. The molecule has 2 aliphatic heterocycles. The van der Waals surface area contributed by atoms with Crippen molar-refractivity contribution in [1.82, 2.24) is 15.0 Å². The van der Waals surface area contributed by atoms with Crippen LogP contribution in [0.2, 0.25) is 0 Å². The second-order valence-electron chi connectivity index (χ2n) is 6.95. The fourth-order valence-electron chi connectivity index (χ4n) is 3.32. The fourth-order valence-corrected chi connectivity index (χ4v) is 3.32. The summed E-state index contributed by atoms with van der Waals surface area (Å²) in [5.74, 6) is 1.15. The number of amides is 1. The van der Waals surface area contributed by atoms with Gasteiger partial charge in [0.05, 0.1) is 19.3 Å². The van der Waals surface area contributed by atoms with Crippen LogP contribution in [-0.2, 0) is 9.53 Å². The van der Waals surface area contributed by atoms with Gasteiger partial charge in [0.2, 0.25) is 5.91 Å². The average molecular weight is 384 g/mol. The zero-order valence-electron chi connectivity index (χ0n) is 15.9. The molecule has 9 nitrogen and oxygen atoms in total. The minimum absolute atomic E-state index is 0.177. The lowest BCUT2D eigenvalue weighted by Crippen LogP contribution is -2.48. The molecule has 148 valence electrons. The van der Waals surface area contributed by atoms with Gasteiger partial charge in [0, 0.05) is 55.6 Å². The van der Waals surface area contributed by atoms with Crippen LogP contribution in [-0.4, -0.2) is 72.6 Å². The number of hydrogen-bond donors (Lipinski definition) is 2. The Bertz CT molecular complexity index is 855. The van der Waals surface area contributed by atoms with Gasteiger partial charge in [-0.25, -0.2) is 0 Å². The molecular weight excluding hydrogens is 360 g/mol. The van der Waals surface area contributed by atoms with Crippen LogP contribution in [0.5, 0.6) is 0 Å². The third kappa shape index (κ3) is 3.70. The number of carbonyl (C=O) groups excluding carboxylic acids is 1. The molecule has 0 radical (unpaired) electrons. The number of nitrogens with zero attached hydrogens (tertiary/aromatic N) is 4. The minimum atomic E-state index is 0.177. The van der Waals surface area contributed by atoms with Crippen molar-refractivity contribution in [3.63, 3.8) is 0 Å². The molecule has 0 bridgehead atoms. The Morgan fingerprint density at radius 1 is 1.32 bits per heavy atom. The molecule has 0 saturated carbocycles. The minimum Gasteiger partial charge on any atom is -0.377 e. The lowest BCUT2D eigenvalue weighted by Gasteiger charge is -2.33. The topological polar surface area (TPSA) is 108 Å². The van der Waals surface area contributed by atoms with Crippen molar-refractivity contribution in [2.24, 2.45) is 0 Å². The van der Waals surface area contributed by atoms with E-state index in [-0.39, 0.29) is 11.9 Å². The Morgan fingerprint density at radius 3 is 2.75 bits per heavy atom. The van der Waals surface area contributed by atoms with E-state index >= 15 is 0 Å². The van der Waals surface area contributed by atoms with Gasteiger partial charge in [0.15, 0.2) is 0 Å². The SMILES string of the molecule is CCC(=O)N1CCN(c2noc(-c3ccc(C=N)c(NC4COC4)c3)n2)CC1. The quantitative estimate of drug-likeness (QED) is 0.729. The van der Waals surface area contributed by atoms with Crippen molar-refractivity contribution in [3.05, 3.63) is 23.8 Å². The zero-order valence-corrected chi connectivity index (χ0v) is 15.9. The van der Waals surface area contributed by atoms with E-state index in [0.29, 0.717) is 57.7 Å². The van der Waals surface area contributed by atoms with E-state index in [2.05, 4.69) is 15.5 Å². The largest absolute Gasteiger partial charge is 0.377 e. The monoisotopic (exact) mass is 384 g/mol. The first kappa shape index (κ1) is 18.4. The molecule has 2 fully saturated rings. The third-order valence-electron chi connectivity index (χ3n) is 5.09. The van der Waals surface area contributed by atoms with Crippen molar-refractivity contribution in [3.8, 4) is 11.5 Å². The van der Waals surface area contributed by atoms with Crippen LogP contribution in [0.25, 0.3) is 11.5 Å². The van der Waals surface area contributed by atoms with Crippen LogP contribution in [0.1, 0.15) is 18.9 Å². The highest BCUT2D eigenvalue weighted by Gasteiger charge is 2.24. The van der Waals surface area contributed by atoms with Gasteiger partial charge in [-0.15, -0.1) is 0 Å². The molecule has 28 heavy (non-hydrogen) atoms. The van der Waals surface area contributed by atoms with Crippen molar-refractivity contribution in [1.29, 1.82) is 5.41 Å². The second-order valence-corrected chi connectivity index (χ2v) is 6.95. The summed E-state index contributed by atoms with van der Waals surface area (Å²) in [5, 5.41) is 15.1. The molecule has 9 heteroatoms. The van der Waals surface area contributed by atoms with Gasteiger partial charge in [0.1, 0.15) is 0 Å². The summed E-state index contributed by atoms with van der Waals surface area (Å²) < 4.78 is 10.7. The number of aromatic nitrogens is 2. The van der Waals surface area contributed by atoms with Crippen LogP contribution < -0.4 is 10.2 Å². The second kappa shape index (κ2) is 7.97. The summed E-state index contributed by atoms with van der Waals surface area (Å²) in [6.45, 7) is 5.92.